The lowest BCUT2D eigenvalue weighted by atomic mass is 10.1. The molecule has 0 radical (unpaired) electrons. The van der Waals surface area contributed by atoms with Gasteiger partial charge in [-0.1, -0.05) is 36.4 Å². The van der Waals surface area contributed by atoms with Crippen LogP contribution in [0.25, 0.3) is 11.3 Å². The summed E-state index contributed by atoms with van der Waals surface area (Å²) < 4.78 is 0. The molecule has 1 saturated carbocycles. The van der Waals surface area contributed by atoms with E-state index in [2.05, 4.69) is 37.7 Å². The summed E-state index contributed by atoms with van der Waals surface area (Å²) in [6.45, 7) is 0.634. The highest BCUT2D eigenvalue weighted by atomic mass is 15.2. The van der Waals surface area contributed by atoms with Gasteiger partial charge in [0.2, 0.25) is 5.95 Å². The third-order valence-corrected chi connectivity index (χ3v) is 3.88. The highest BCUT2D eigenvalue weighted by Crippen LogP contribution is 2.26. The van der Waals surface area contributed by atoms with Crippen LogP contribution in [0.3, 0.4) is 0 Å². The zero-order valence-corrected chi connectivity index (χ0v) is 13.3. The fraction of sp³-hybridized carbons (Fsp3) is 0.211. The Morgan fingerprint density at radius 3 is 2.54 bits per heavy atom. The van der Waals surface area contributed by atoms with Crippen molar-refractivity contribution in [3.63, 3.8) is 0 Å². The lowest BCUT2D eigenvalue weighted by molar-refractivity contribution is 1.01. The normalized spacial score (nSPS) is 13.5. The Morgan fingerprint density at radius 2 is 1.79 bits per heavy atom. The van der Waals surface area contributed by atoms with Crippen LogP contribution >= 0.6 is 0 Å². The summed E-state index contributed by atoms with van der Waals surface area (Å²) in [6.07, 6.45) is 4.18. The molecule has 1 fully saturated rings. The summed E-state index contributed by atoms with van der Waals surface area (Å²) in [5.74, 6) is 1.49. The number of hydrogen-bond donors (Lipinski definition) is 2. The predicted molar refractivity (Wildman–Crippen MR) is 95.7 cm³/mol. The highest BCUT2D eigenvalue weighted by Gasteiger charge is 2.22. The van der Waals surface area contributed by atoms with Gasteiger partial charge in [0, 0.05) is 23.9 Å². The molecule has 5 heteroatoms. The van der Waals surface area contributed by atoms with Crippen LogP contribution in [-0.2, 0) is 6.54 Å². The number of rotatable bonds is 6. The van der Waals surface area contributed by atoms with E-state index in [1.165, 1.54) is 12.8 Å². The van der Waals surface area contributed by atoms with Crippen LogP contribution in [0.5, 0.6) is 0 Å². The van der Waals surface area contributed by atoms with Gasteiger partial charge in [0.05, 0.1) is 17.9 Å². The maximum atomic E-state index is 4.66. The van der Waals surface area contributed by atoms with E-state index in [9.17, 15) is 0 Å². The number of hydrogen-bond acceptors (Lipinski definition) is 5. The van der Waals surface area contributed by atoms with Crippen molar-refractivity contribution in [3.05, 3.63) is 66.5 Å². The van der Waals surface area contributed by atoms with E-state index in [0.717, 1.165) is 22.8 Å². The summed E-state index contributed by atoms with van der Waals surface area (Å²) in [6, 6.07) is 18.6. The summed E-state index contributed by atoms with van der Waals surface area (Å²) in [4.78, 5) is 13.6. The van der Waals surface area contributed by atoms with Crippen LogP contribution < -0.4 is 10.6 Å². The number of anilines is 2. The molecule has 0 bridgehead atoms. The van der Waals surface area contributed by atoms with E-state index in [1.54, 1.807) is 6.20 Å². The molecule has 24 heavy (non-hydrogen) atoms. The first-order valence-electron chi connectivity index (χ1n) is 8.22. The van der Waals surface area contributed by atoms with Crippen LogP contribution in [0.1, 0.15) is 18.5 Å². The molecule has 4 rings (SSSR count). The van der Waals surface area contributed by atoms with E-state index in [4.69, 9.17) is 0 Å². The van der Waals surface area contributed by atoms with Crippen LogP contribution in [0, 0.1) is 0 Å². The molecule has 1 aliphatic carbocycles. The Hall–Kier alpha value is -2.95. The second-order valence-electron chi connectivity index (χ2n) is 5.92. The molecule has 0 saturated heterocycles. The van der Waals surface area contributed by atoms with Crippen molar-refractivity contribution in [2.24, 2.45) is 0 Å². The minimum atomic E-state index is 0.514. The first-order chi connectivity index (χ1) is 11.9. The summed E-state index contributed by atoms with van der Waals surface area (Å²) in [7, 11) is 0. The molecule has 0 atom stereocenters. The van der Waals surface area contributed by atoms with Gasteiger partial charge in [-0.15, -0.1) is 0 Å². The van der Waals surface area contributed by atoms with Crippen molar-refractivity contribution in [1.29, 1.82) is 0 Å². The van der Waals surface area contributed by atoms with Gasteiger partial charge < -0.3 is 10.6 Å². The van der Waals surface area contributed by atoms with Crippen molar-refractivity contribution < 1.29 is 0 Å². The number of benzene rings is 1. The second kappa shape index (κ2) is 6.66. The standard InChI is InChI=1S/C19H19N5/c1-2-6-14(7-3-1)17-12-18(21-13-16-8-4-5-11-20-16)24-19(23-17)22-15-9-10-15/h1-8,11-12,15H,9-10,13H2,(H2,21,22,23,24). The van der Waals surface area contributed by atoms with Crippen LogP contribution in [0.15, 0.2) is 60.8 Å². The third kappa shape index (κ3) is 3.68. The Morgan fingerprint density at radius 1 is 0.958 bits per heavy atom. The fourth-order valence-corrected chi connectivity index (χ4v) is 2.45. The maximum Gasteiger partial charge on any atom is 0.225 e. The van der Waals surface area contributed by atoms with Crippen molar-refractivity contribution in [2.75, 3.05) is 10.6 Å². The van der Waals surface area contributed by atoms with E-state index in [-0.39, 0.29) is 0 Å². The first kappa shape index (κ1) is 14.6. The summed E-state index contributed by atoms with van der Waals surface area (Å²) >= 11 is 0. The van der Waals surface area contributed by atoms with Crippen molar-refractivity contribution in [2.45, 2.75) is 25.4 Å². The minimum Gasteiger partial charge on any atom is -0.364 e. The molecule has 0 amide bonds. The van der Waals surface area contributed by atoms with Crippen LogP contribution in [-0.4, -0.2) is 21.0 Å². The van der Waals surface area contributed by atoms with Crippen molar-refractivity contribution in [1.82, 2.24) is 15.0 Å². The van der Waals surface area contributed by atoms with Gasteiger partial charge in [-0.3, -0.25) is 4.98 Å². The summed E-state index contributed by atoms with van der Waals surface area (Å²) in [5.41, 5.74) is 2.98. The Bertz CT molecular complexity index is 801. The molecular formula is C19H19N5. The van der Waals surface area contributed by atoms with Crippen LogP contribution in [0.2, 0.25) is 0 Å². The predicted octanol–water partition coefficient (Wildman–Crippen LogP) is 3.73. The monoisotopic (exact) mass is 317 g/mol. The average Bonchev–Trinajstić information content (AvgIpc) is 3.45. The number of nitrogens with one attached hydrogen (secondary N) is 2. The lowest BCUT2D eigenvalue weighted by Crippen LogP contribution is -2.09. The number of nitrogens with zero attached hydrogens (tertiary/aromatic N) is 3. The molecule has 2 heterocycles. The molecule has 2 aromatic heterocycles. The zero-order chi connectivity index (χ0) is 16.2. The van der Waals surface area contributed by atoms with Gasteiger partial charge >= 0.3 is 0 Å². The average molecular weight is 317 g/mol. The van der Waals surface area contributed by atoms with E-state index < -0.39 is 0 Å². The molecule has 120 valence electrons. The molecule has 3 aromatic rings. The highest BCUT2D eigenvalue weighted by molar-refractivity contribution is 5.64. The van der Waals surface area contributed by atoms with Gasteiger partial charge in [0.15, 0.2) is 0 Å². The third-order valence-electron chi connectivity index (χ3n) is 3.88. The number of aromatic nitrogens is 3. The molecule has 2 N–H and O–H groups in total. The van der Waals surface area contributed by atoms with E-state index in [0.29, 0.717) is 18.5 Å². The molecular weight excluding hydrogens is 298 g/mol. The fourth-order valence-electron chi connectivity index (χ4n) is 2.45. The summed E-state index contributed by atoms with van der Waals surface area (Å²) in [5, 5.41) is 6.74. The SMILES string of the molecule is c1ccc(-c2cc(NCc3ccccn3)nc(NC3CC3)n2)cc1. The molecule has 1 aromatic carbocycles. The second-order valence-corrected chi connectivity index (χ2v) is 5.92. The van der Waals surface area contributed by atoms with Gasteiger partial charge in [0.1, 0.15) is 5.82 Å². The maximum absolute atomic E-state index is 4.66. The van der Waals surface area contributed by atoms with E-state index >= 15 is 0 Å². The van der Waals surface area contributed by atoms with Crippen molar-refractivity contribution in [3.8, 4) is 11.3 Å². The van der Waals surface area contributed by atoms with Gasteiger partial charge in [-0.25, -0.2) is 4.98 Å². The lowest BCUT2D eigenvalue weighted by Gasteiger charge is -2.11. The zero-order valence-electron chi connectivity index (χ0n) is 13.3. The Labute approximate surface area is 141 Å². The van der Waals surface area contributed by atoms with E-state index in [1.807, 2.05) is 42.5 Å². The van der Waals surface area contributed by atoms with Gasteiger partial charge in [0.25, 0.3) is 0 Å². The largest absolute Gasteiger partial charge is 0.364 e. The molecule has 0 unspecified atom stereocenters. The first-order valence-corrected chi connectivity index (χ1v) is 8.22. The molecule has 0 aliphatic heterocycles. The number of pyridine rings is 1. The Kier molecular flexibility index (Phi) is 4.06. The topological polar surface area (TPSA) is 62.7 Å². The van der Waals surface area contributed by atoms with Gasteiger partial charge in [-0.2, -0.15) is 4.98 Å². The van der Waals surface area contributed by atoms with Gasteiger partial charge in [-0.05, 0) is 25.0 Å². The smallest absolute Gasteiger partial charge is 0.225 e. The molecule has 1 aliphatic rings. The quantitative estimate of drug-likeness (QED) is 0.725. The minimum absolute atomic E-state index is 0.514. The van der Waals surface area contributed by atoms with Crippen LogP contribution in [0.4, 0.5) is 11.8 Å². The van der Waals surface area contributed by atoms with Crippen molar-refractivity contribution >= 4 is 11.8 Å². The molecule has 0 spiro atoms. The molecule has 5 nitrogen and oxygen atoms in total. The Balaban J connectivity index is 1.59.